The topological polar surface area (TPSA) is 15.3 Å². The van der Waals surface area contributed by atoms with Crippen LogP contribution in [0.3, 0.4) is 0 Å². The molecule has 0 heterocycles. The molecule has 0 saturated heterocycles. The minimum absolute atomic E-state index is 0.625. The van der Waals surface area contributed by atoms with Gasteiger partial charge in [0.2, 0.25) is 0 Å². The predicted molar refractivity (Wildman–Crippen MR) is 50.9 cm³/mol. The Kier molecular flexibility index (Phi) is 6.57. The molecule has 2 heteroatoms. The van der Waals surface area contributed by atoms with E-state index in [1.807, 2.05) is 0 Å². The molecule has 0 aliphatic carbocycles. The molecule has 0 aliphatic heterocycles. The molecule has 0 aromatic rings. The van der Waals surface area contributed by atoms with Crippen LogP contribution in [0.2, 0.25) is 0 Å². The summed E-state index contributed by atoms with van der Waals surface area (Å²) in [5, 5.41) is 3.40. The van der Waals surface area contributed by atoms with Gasteiger partial charge in [0.15, 0.2) is 0 Å². The molecule has 0 rings (SSSR count). The minimum Gasteiger partial charge on any atom is -0.313 e. The normalized spacial score (nSPS) is 13.9. The van der Waals surface area contributed by atoms with Gasteiger partial charge >= 0.3 is 0 Å². The van der Waals surface area contributed by atoms with Crippen molar-refractivity contribution in [1.82, 2.24) is 10.2 Å². The van der Waals surface area contributed by atoms with Crippen molar-refractivity contribution in [2.24, 2.45) is 0 Å². The number of nitrogens with zero attached hydrogens (tertiary/aromatic N) is 1. The molecule has 11 heavy (non-hydrogen) atoms. The van der Waals surface area contributed by atoms with Crippen molar-refractivity contribution in [3.05, 3.63) is 0 Å². The lowest BCUT2D eigenvalue weighted by Crippen LogP contribution is -2.38. The van der Waals surface area contributed by atoms with E-state index < -0.39 is 0 Å². The summed E-state index contributed by atoms with van der Waals surface area (Å²) in [6, 6.07) is 0.625. The van der Waals surface area contributed by atoms with Crippen LogP contribution in [0.5, 0.6) is 0 Å². The minimum atomic E-state index is 0.625. The number of rotatable bonds is 6. The van der Waals surface area contributed by atoms with Crippen LogP contribution in [0.15, 0.2) is 0 Å². The van der Waals surface area contributed by atoms with Crippen LogP contribution in [0, 0.1) is 0 Å². The van der Waals surface area contributed by atoms with E-state index in [9.17, 15) is 0 Å². The van der Waals surface area contributed by atoms with Crippen LogP contribution in [-0.2, 0) is 0 Å². The third-order valence-electron chi connectivity index (χ3n) is 1.98. The molecule has 0 bridgehead atoms. The maximum Gasteiger partial charge on any atom is 0.0166 e. The van der Waals surface area contributed by atoms with E-state index in [1.165, 1.54) is 6.54 Å². The smallest absolute Gasteiger partial charge is 0.0166 e. The first-order valence-electron chi connectivity index (χ1n) is 4.70. The molecule has 0 fully saturated rings. The molecule has 0 unspecified atom stereocenters. The van der Waals surface area contributed by atoms with Gasteiger partial charge in [-0.1, -0.05) is 20.8 Å². The summed E-state index contributed by atoms with van der Waals surface area (Å²) in [5.41, 5.74) is 0. The summed E-state index contributed by atoms with van der Waals surface area (Å²) in [6.07, 6.45) is 0. The van der Waals surface area contributed by atoms with Crippen molar-refractivity contribution in [1.29, 1.82) is 0 Å². The van der Waals surface area contributed by atoms with Crippen LogP contribution in [-0.4, -0.2) is 37.1 Å². The first-order valence-corrected chi connectivity index (χ1v) is 4.70. The van der Waals surface area contributed by atoms with Gasteiger partial charge in [0, 0.05) is 12.6 Å². The van der Waals surface area contributed by atoms with Crippen molar-refractivity contribution < 1.29 is 0 Å². The predicted octanol–water partition coefficient (Wildman–Crippen LogP) is 1.33. The monoisotopic (exact) mass is 158 g/mol. The molecule has 1 N–H and O–H groups in total. The van der Waals surface area contributed by atoms with E-state index >= 15 is 0 Å². The van der Waals surface area contributed by atoms with Crippen LogP contribution >= 0.6 is 0 Å². The third kappa shape index (κ3) is 5.22. The lowest BCUT2D eigenvalue weighted by atomic mass is 10.3. The van der Waals surface area contributed by atoms with E-state index in [0.717, 1.165) is 19.6 Å². The standard InChI is InChI=1S/C9H22N2/c1-5-10-9(4)8-11(6-2)7-3/h9-10H,5-8H2,1-4H3/t9-/m0/s1. The van der Waals surface area contributed by atoms with E-state index in [2.05, 4.69) is 37.9 Å². The number of hydrogen-bond donors (Lipinski definition) is 1. The molecule has 0 spiro atoms. The highest BCUT2D eigenvalue weighted by Crippen LogP contribution is 1.90. The van der Waals surface area contributed by atoms with Gasteiger partial charge in [-0.05, 0) is 26.6 Å². The molecular weight excluding hydrogens is 136 g/mol. The summed E-state index contributed by atoms with van der Waals surface area (Å²) in [6.45, 7) is 13.4. The largest absolute Gasteiger partial charge is 0.313 e. The zero-order valence-electron chi connectivity index (χ0n) is 8.35. The highest BCUT2D eigenvalue weighted by Gasteiger charge is 2.04. The first-order chi connectivity index (χ1) is 5.24. The van der Waals surface area contributed by atoms with Gasteiger partial charge in [-0.25, -0.2) is 0 Å². The first kappa shape index (κ1) is 10.9. The van der Waals surface area contributed by atoms with Gasteiger partial charge in [0.1, 0.15) is 0 Å². The zero-order valence-corrected chi connectivity index (χ0v) is 8.35. The van der Waals surface area contributed by atoms with Gasteiger partial charge in [-0.15, -0.1) is 0 Å². The lowest BCUT2D eigenvalue weighted by molar-refractivity contribution is 0.273. The molecular formula is C9H22N2. The van der Waals surface area contributed by atoms with E-state index in [-0.39, 0.29) is 0 Å². The third-order valence-corrected chi connectivity index (χ3v) is 1.98. The highest BCUT2D eigenvalue weighted by atomic mass is 15.1. The quantitative estimate of drug-likeness (QED) is 0.627. The fourth-order valence-corrected chi connectivity index (χ4v) is 1.28. The van der Waals surface area contributed by atoms with Crippen molar-refractivity contribution in [3.8, 4) is 0 Å². The van der Waals surface area contributed by atoms with Crippen LogP contribution in [0.4, 0.5) is 0 Å². The molecule has 0 amide bonds. The van der Waals surface area contributed by atoms with Crippen molar-refractivity contribution >= 4 is 0 Å². The molecule has 0 aromatic heterocycles. The Balaban J connectivity index is 3.44. The maximum absolute atomic E-state index is 3.40. The number of nitrogens with one attached hydrogen (secondary N) is 1. The Morgan fingerprint density at radius 2 is 1.73 bits per heavy atom. The van der Waals surface area contributed by atoms with Gasteiger partial charge in [0.25, 0.3) is 0 Å². The number of likely N-dealkylation sites (N-methyl/N-ethyl adjacent to an activating group) is 2. The summed E-state index contributed by atoms with van der Waals surface area (Å²) >= 11 is 0. The summed E-state index contributed by atoms with van der Waals surface area (Å²) < 4.78 is 0. The lowest BCUT2D eigenvalue weighted by Gasteiger charge is -2.22. The maximum atomic E-state index is 3.40. The Morgan fingerprint density at radius 1 is 1.18 bits per heavy atom. The van der Waals surface area contributed by atoms with Crippen molar-refractivity contribution in [2.45, 2.75) is 33.7 Å². The second kappa shape index (κ2) is 6.62. The molecule has 0 radical (unpaired) electrons. The van der Waals surface area contributed by atoms with Crippen LogP contribution < -0.4 is 5.32 Å². The SMILES string of the molecule is CCN[C@@H](C)CN(CC)CC. The van der Waals surface area contributed by atoms with Crippen molar-refractivity contribution in [3.63, 3.8) is 0 Å². The molecule has 1 atom stereocenters. The fourth-order valence-electron chi connectivity index (χ4n) is 1.28. The number of hydrogen-bond acceptors (Lipinski definition) is 2. The summed E-state index contributed by atoms with van der Waals surface area (Å²) in [7, 11) is 0. The average Bonchev–Trinajstić information content (AvgIpc) is 2.01. The highest BCUT2D eigenvalue weighted by molar-refractivity contribution is 4.64. The second-order valence-electron chi connectivity index (χ2n) is 2.94. The Hall–Kier alpha value is -0.0800. The van der Waals surface area contributed by atoms with E-state index in [1.54, 1.807) is 0 Å². The summed E-state index contributed by atoms with van der Waals surface area (Å²) in [4.78, 5) is 2.44. The van der Waals surface area contributed by atoms with Crippen LogP contribution in [0.25, 0.3) is 0 Å². The second-order valence-corrected chi connectivity index (χ2v) is 2.94. The Labute approximate surface area is 71.0 Å². The van der Waals surface area contributed by atoms with E-state index in [0.29, 0.717) is 6.04 Å². The molecule has 0 saturated carbocycles. The molecule has 0 aromatic carbocycles. The van der Waals surface area contributed by atoms with Gasteiger partial charge in [-0.3, -0.25) is 0 Å². The molecule has 68 valence electrons. The molecule has 0 aliphatic rings. The molecule has 2 nitrogen and oxygen atoms in total. The Morgan fingerprint density at radius 3 is 2.09 bits per heavy atom. The van der Waals surface area contributed by atoms with Gasteiger partial charge in [0.05, 0.1) is 0 Å². The Bertz CT molecular complexity index is 79.6. The van der Waals surface area contributed by atoms with Gasteiger partial charge in [-0.2, -0.15) is 0 Å². The summed E-state index contributed by atoms with van der Waals surface area (Å²) in [5.74, 6) is 0. The van der Waals surface area contributed by atoms with Gasteiger partial charge < -0.3 is 10.2 Å². The average molecular weight is 158 g/mol. The fraction of sp³-hybridized carbons (Fsp3) is 1.00. The zero-order chi connectivity index (χ0) is 8.69. The van der Waals surface area contributed by atoms with E-state index in [4.69, 9.17) is 0 Å². The van der Waals surface area contributed by atoms with Crippen LogP contribution in [0.1, 0.15) is 27.7 Å². The van der Waals surface area contributed by atoms with Crippen molar-refractivity contribution in [2.75, 3.05) is 26.2 Å².